The van der Waals surface area contributed by atoms with Crippen LogP contribution in [0.1, 0.15) is 0 Å². The average molecular weight is 217 g/mol. The van der Waals surface area contributed by atoms with Crippen molar-refractivity contribution in [2.24, 2.45) is 0 Å². The van der Waals surface area contributed by atoms with Crippen LogP contribution in [-0.2, 0) is 17.4 Å². The van der Waals surface area contributed by atoms with Gasteiger partial charge in [-0.3, -0.25) is 0 Å². The molecule has 0 unspecified atom stereocenters. The van der Waals surface area contributed by atoms with E-state index in [0.717, 1.165) is 0 Å². The first-order valence-corrected chi connectivity index (χ1v) is 2.68. The normalized spacial score (nSPS) is 7.50. The third kappa shape index (κ3) is 73.0. The van der Waals surface area contributed by atoms with Gasteiger partial charge in [0, 0.05) is 17.4 Å². The van der Waals surface area contributed by atoms with Crippen molar-refractivity contribution < 1.29 is 36.5 Å². The molecule has 0 radical (unpaired) electrons. The molecule has 0 aliphatic rings. The van der Waals surface area contributed by atoms with Gasteiger partial charge in [0.2, 0.25) is 0 Å². The molecular formula is H8CaCrMgO4Si. The van der Waals surface area contributed by atoms with Gasteiger partial charge in [-0.15, -0.1) is 0 Å². The van der Waals surface area contributed by atoms with Crippen molar-refractivity contribution in [1.82, 2.24) is 0 Å². The first-order chi connectivity index (χ1) is 2.00. The van der Waals surface area contributed by atoms with E-state index in [9.17, 15) is 0 Å². The standard InChI is InChI=1S/Ca.Cr.Mg.H4O4Si.4H/c;;;1-5(2,3)4;;;;/h;;;1-4H;;;;. The fourth-order valence-electron chi connectivity index (χ4n) is 0. The minimum absolute atomic E-state index is 0. The molecule has 0 atom stereocenters. The van der Waals surface area contributed by atoms with Crippen LogP contribution in [0.2, 0.25) is 0 Å². The van der Waals surface area contributed by atoms with Crippen molar-refractivity contribution in [3.63, 3.8) is 0 Å². The Morgan fingerprint density at radius 3 is 0.875 bits per heavy atom. The van der Waals surface area contributed by atoms with Gasteiger partial charge in [-0.1, -0.05) is 0 Å². The van der Waals surface area contributed by atoms with Crippen LogP contribution in [0.4, 0.5) is 0 Å². The maximum absolute atomic E-state index is 7.33. The minimum atomic E-state index is -4.61. The molecule has 0 amide bonds. The van der Waals surface area contributed by atoms with Crippen molar-refractivity contribution in [2.45, 2.75) is 0 Å². The second kappa shape index (κ2) is 9.62. The first kappa shape index (κ1) is 22.4. The summed E-state index contributed by atoms with van der Waals surface area (Å²) < 4.78 is 0. The van der Waals surface area contributed by atoms with Crippen LogP contribution in [0.5, 0.6) is 0 Å². The summed E-state index contributed by atoms with van der Waals surface area (Å²) in [6, 6.07) is 0. The molecule has 0 aromatic rings. The minimum Gasteiger partial charge on any atom is 0 e. The summed E-state index contributed by atoms with van der Waals surface area (Å²) in [4.78, 5) is 29.3. The summed E-state index contributed by atoms with van der Waals surface area (Å²) in [6.07, 6.45) is 0. The number of rotatable bonds is 0. The summed E-state index contributed by atoms with van der Waals surface area (Å²) in [7, 11) is -4.61. The quantitative estimate of drug-likeness (QED) is 0.308. The Morgan fingerprint density at radius 1 is 0.875 bits per heavy atom. The Morgan fingerprint density at radius 2 is 0.875 bits per heavy atom. The van der Waals surface area contributed by atoms with E-state index in [4.69, 9.17) is 19.2 Å². The van der Waals surface area contributed by atoms with Crippen LogP contribution in [0.15, 0.2) is 0 Å². The Hall–Kier alpha value is 2.62. The van der Waals surface area contributed by atoms with Gasteiger partial charge >= 0.3 is 69.8 Å². The second-order valence-corrected chi connectivity index (χ2v) is 1.80. The Labute approximate surface area is 105 Å². The topological polar surface area (TPSA) is 80.9 Å². The molecule has 8 heteroatoms. The third-order valence-electron chi connectivity index (χ3n) is 0. The molecule has 46 valence electrons. The van der Waals surface area contributed by atoms with Gasteiger partial charge in [0.05, 0.1) is 0 Å². The monoisotopic (exact) mass is 216 g/mol. The maximum atomic E-state index is 7.33. The smallest absolute Gasteiger partial charge is 0 e. The van der Waals surface area contributed by atoms with E-state index in [2.05, 4.69) is 0 Å². The van der Waals surface area contributed by atoms with Gasteiger partial charge in [-0.2, -0.15) is 0 Å². The van der Waals surface area contributed by atoms with Crippen molar-refractivity contribution in [2.75, 3.05) is 0 Å². The SMILES string of the molecule is O[Si](O)(O)O.[CaH2].[Cr].[MgH2]. The van der Waals surface area contributed by atoms with E-state index in [0.29, 0.717) is 0 Å². The molecule has 0 aliphatic carbocycles. The molecule has 0 heterocycles. The fourth-order valence-corrected chi connectivity index (χ4v) is 0. The maximum Gasteiger partial charge on any atom is 0.316 e. The molecule has 0 bridgehead atoms. The zero-order valence-electron chi connectivity index (χ0n) is 2.70. The van der Waals surface area contributed by atoms with Gasteiger partial charge < -0.3 is 19.2 Å². The van der Waals surface area contributed by atoms with Crippen molar-refractivity contribution >= 4 is 69.8 Å². The zero-order chi connectivity index (χ0) is 4.50. The van der Waals surface area contributed by atoms with Crippen LogP contribution in [0.3, 0.4) is 0 Å². The van der Waals surface area contributed by atoms with Gasteiger partial charge in [-0.05, 0) is 0 Å². The Kier molecular flexibility index (Phi) is 27.0. The molecular weight excluding hydrogens is 208 g/mol. The molecule has 0 saturated heterocycles. The third-order valence-corrected chi connectivity index (χ3v) is 0. The van der Waals surface area contributed by atoms with Gasteiger partial charge in [0.15, 0.2) is 0 Å². The van der Waals surface area contributed by atoms with Gasteiger partial charge in [0.25, 0.3) is 0 Å². The van der Waals surface area contributed by atoms with Crippen LogP contribution in [0.25, 0.3) is 0 Å². The van der Waals surface area contributed by atoms with Crippen LogP contribution in [0, 0.1) is 0 Å². The van der Waals surface area contributed by atoms with Crippen LogP contribution >= 0.6 is 0 Å². The van der Waals surface area contributed by atoms with E-state index in [1.54, 1.807) is 0 Å². The molecule has 0 fully saturated rings. The number of hydrogen-bond acceptors (Lipinski definition) is 4. The summed E-state index contributed by atoms with van der Waals surface area (Å²) in [5.74, 6) is 0. The zero-order valence-corrected chi connectivity index (χ0v) is 4.97. The van der Waals surface area contributed by atoms with E-state index < -0.39 is 9.05 Å². The van der Waals surface area contributed by atoms with Crippen molar-refractivity contribution in [3.05, 3.63) is 0 Å². The molecule has 0 spiro atoms. The second-order valence-electron chi connectivity index (χ2n) is 0.600. The van der Waals surface area contributed by atoms with Crippen molar-refractivity contribution in [1.29, 1.82) is 0 Å². The Bertz CT molecular complexity index is 31.5. The molecule has 0 aromatic heterocycles. The molecule has 0 saturated carbocycles. The number of hydrogen-bond donors (Lipinski definition) is 4. The molecule has 4 nitrogen and oxygen atoms in total. The summed E-state index contributed by atoms with van der Waals surface area (Å²) in [5.41, 5.74) is 0. The summed E-state index contributed by atoms with van der Waals surface area (Å²) >= 11 is 0. The van der Waals surface area contributed by atoms with Gasteiger partial charge in [-0.25, -0.2) is 0 Å². The molecule has 0 aromatic carbocycles. The predicted molar refractivity (Wildman–Crippen MR) is 31.7 cm³/mol. The molecule has 4 N–H and O–H groups in total. The van der Waals surface area contributed by atoms with E-state index in [1.807, 2.05) is 0 Å². The average Bonchev–Trinajstić information content (AvgIpc) is 0.722. The predicted octanol–water partition coefficient (Wildman–Crippen LogP) is -4.44. The summed E-state index contributed by atoms with van der Waals surface area (Å²) in [6.45, 7) is 0. The van der Waals surface area contributed by atoms with Crippen molar-refractivity contribution in [3.8, 4) is 0 Å². The molecule has 0 rings (SSSR count). The van der Waals surface area contributed by atoms with E-state index in [1.165, 1.54) is 0 Å². The van der Waals surface area contributed by atoms with Crippen LogP contribution < -0.4 is 0 Å². The Balaban J connectivity index is -0.0000000267. The fraction of sp³-hybridized carbons (Fsp3) is 0. The molecule has 8 heavy (non-hydrogen) atoms. The van der Waals surface area contributed by atoms with Crippen LogP contribution in [-0.4, -0.2) is 89.0 Å². The largest absolute Gasteiger partial charge is 0.316 e. The summed E-state index contributed by atoms with van der Waals surface area (Å²) in [5, 5.41) is 0. The van der Waals surface area contributed by atoms with E-state index >= 15 is 0 Å². The molecule has 0 aliphatic heterocycles. The van der Waals surface area contributed by atoms with E-state index in [-0.39, 0.29) is 78.2 Å². The first-order valence-electron chi connectivity index (χ1n) is 0.894. The van der Waals surface area contributed by atoms with Gasteiger partial charge in [0.1, 0.15) is 0 Å².